The summed E-state index contributed by atoms with van der Waals surface area (Å²) in [5.41, 5.74) is 0.357. The van der Waals surface area contributed by atoms with Crippen LogP contribution in [0.15, 0.2) is 15.7 Å². The van der Waals surface area contributed by atoms with Crippen LogP contribution in [0.2, 0.25) is 0 Å². The van der Waals surface area contributed by atoms with Crippen molar-refractivity contribution in [3.05, 3.63) is 17.0 Å². The summed E-state index contributed by atoms with van der Waals surface area (Å²) in [6.45, 7) is 0.633. The summed E-state index contributed by atoms with van der Waals surface area (Å²) < 4.78 is 22.3. The molecular formula is C13H18ClNO3S2. The molecule has 0 aliphatic heterocycles. The molecule has 1 aliphatic carbocycles. The first-order chi connectivity index (χ1) is 9.47. The maximum absolute atomic E-state index is 11.8. The Morgan fingerprint density at radius 1 is 1.40 bits per heavy atom. The van der Waals surface area contributed by atoms with Gasteiger partial charge in [0.2, 0.25) is 0 Å². The second-order valence-corrected chi connectivity index (χ2v) is 8.84. The number of carbonyl (C=O) groups is 1. The van der Waals surface area contributed by atoms with Crippen molar-refractivity contribution in [1.29, 1.82) is 0 Å². The third-order valence-electron chi connectivity index (χ3n) is 3.63. The van der Waals surface area contributed by atoms with Gasteiger partial charge in [0.25, 0.3) is 15.0 Å². The van der Waals surface area contributed by atoms with Crippen LogP contribution in [-0.4, -0.2) is 20.9 Å². The van der Waals surface area contributed by atoms with Gasteiger partial charge in [-0.05, 0) is 24.8 Å². The number of thiophene rings is 1. The third kappa shape index (κ3) is 4.46. The summed E-state index contributed by atoms with van der Waals surface area (Å²) in [5.74, 6) is 0.584. The number of nitrogens with one attached hydrogen (secondary N) is 1. The van der Waals surface area contributed by atoms with E-state index in [1.807, 2.05) is 0 Å². The lowest BCUT2D eigenvalue weighted by Crippen LogP contribution is -2.24. The zero-order valence-corrected chi connectivity index (χ0v) is 13.5. The van der Waals surface area contributed by atoms with Crippen molar-refractivity contribution in [2.75, 3.05) is 6.54 Å². The molecule has 1 aromatic heterocycles. The van der Waals surface area contributed by atoms with E-state index in [9.17, 15) is 13.2 Å². The monoisotopic (exact) mass is 335 g/mol. The fraction of sp³-hybridized carbons (Fsp3) is 0.615. The molecule has 0 bridgehead atoms. The molecule has 20 heavy (non-hydrogen) atoms. The zero-order chi connectivity index (χ0) is 14.6. The number of carbonyl (C=O) groups excluding carboxylic acids is 1. The van der Waals surface area contributed by atoms with Crippen molar-refractivity contribution < 1.29 is 13.2 Å². The van der Waals surface area contributed by atoms with Crippen LogP contribution in [-0.2, 0) is 9.05 Å². The van der Waals surface area contributed by atoms with Crippen LogP contribution in [0, 0.1) is 5.92 Å². The summed E-state index contributed by atoms with van der Waals surface area (Å²) in [7, 11) is 1.49. The van der Waals surface area contributed by atoms with E-state index < -0.39 is 9.05 Å². The molecule has 0 aromatic carbocycles. The first-order valence-electron chi connectivity index (χ1n) is 6.78. The molecule has 0 spiro atoms. The van der Waals surface area contributed by atoms with Crippen LogP contribution in [0.3, 0.4) is 0 Å². The van der Waals surface area contributed by atoms with E-state index >= 15 is 0 Å². The lowest BCUT2D eigenvalue weighted by molar-refractivity contribution is 0.0953. The third-order valence-corrected chi connectivity index (χ3v) is 6.67. The van der Waals surface area contributed by atoms with Gasteiger partial charge in [-0.3, -0.25) is 4.79 Å². The summed E-state index contributed by atoms with van der Waals surface area (Å²) >= 11 is 0.964. The largest absolute Gasteiger partial charge is 0.352 e. The second kappa shape index (κ2) is 6.91. The maximum Gasteiger partial charge on any atom is 0.270 e. The minimum Gasteiger partial charge on any atom is -0.352 e. The Morgan fingerprint density at radius 2 is 2.10 bits per heavy atom. The quantitative estimate of drug-likeness (QED) is 0.640. The van der Waals surface area contributed by atoms with Crippen LogP contribution in [0.1, 0.15) is 48.9 Å². The fourth-order valence-electron chi connectivity index (χ4n) is 2.56. The smallest absolute Gasteiger partial charge is 0.270 e. The molecule has 1 N–H and O–H groups in total. The van der Waals surface area contributed by atoms with Gasteiger partial charge in [-0.25, -0.2) is 8.42 Å². The highest BCUT2D eigenvalue weighted by Crippen LogP contribution is 2.28. The van der Waals surface area contributed by atoms with E-state index in [1.165, 1.54) is 37.1 Å². The predicted molar refractivity (Wildman–Crippen MR) is 80.9 cm³/mol. The molecule has 4 nitrogen and oxygen atoms in total. The van der Waals surface area contributed by atoms with Crippen molar-refractivity contribution in [3.8, 4) is 0 Å². The Bertz CT molecular complexity index is 562. The molecule has 7 heteroatoms. The molecule has 0 radical (unpaired) electrons. The topological polar surface area (TPSA) is 63.2 Å². The van der Waals surface area contributed by atoms with E-state index in [0.29, 0.717) is 12.1 Å². The number of hydrogen-bond donors (Lipinski definition) is 1. The molecule has 112 valence electrons. The number of amides is 1. The van der Waals surface area contributed by atoms with Gasteiger partial charge >= 0.3 is 0 Å². The lowest BCUT2D eigenvalue weighted by Gasteiger charge is -2.08. The number of halogens is 1. The normalized spacial score (nSPS) is 16.4. The number of rotatable bonds is 6. The molecule has 1 fully saturated rings. The highest BCUT2D eigenvalue weighted by atomic mass is 35.7. The van der Waals surface area contributed by atoms with E-state index in [2.05, 4.69) is 5.32 Å². The van der Waals surface area contributed by atoms with Gasteiger partial charge < -0.3 is 5.32 Å². The average Bonchev–Trinajstić information content (AvgIpc) is 3.04. The molecule has 1 aromatic rings. The van der Waals surface area contributed by atoms with Gasteiger partial charge in [-0.2, -0.15) is 0 Å². The van der Waals surface area contributed by atoms with Crippen LogP contribution in [0.4, 0.5) is 0 Å². The Hall–Kier alpha value is -0.590. The highest BCUT2D eigenvalue weighted by molar-refractivity contribution is 8.15. The zero-order valence-electron chi connectivity index (χ0n) is 11.1. The molecule has 1 aliphatic rings. The molecule has 0 atom stereocenters. The second-order valence-electron chi connectivity index (χ2n) is 5.14. The van der Waals surface area contributed by atoms with Crippen LogP contribution < -0.4 is 5.32 Å². The highest BCUT2D eigenvalue weighted by Gasteiger charge is 2.17. The molecule has 1 amide bonds. The summed E-state index contributed by atoms with van der Waals surface area (Å²) in [5, 5.41) is 4.33. The van der Waals surface area contributed by atoms with Gasteiger partial charge in [-0.1, -0.05) is 25.7 Å². The Balaban J connectivity index is 1.75. The molecule has 1 saturated carbocycles. The summed E-state index contributed by atoms with van der Waals surface area (Å²) in [4.78, 5) is 11.8. The SMILES string of the molecule is O=C(NCCCC1CCCC1)c1csc(S(=O)(=O)Cl)c1. The van der Waals surface area contributed by atoms with Crippen LogP contribution in [0.5, 0.6) is 0 Å². The van der Waals surface area contributed by atoms with Gasteiger partial charge in [0.1, 0.15) is 4.21 Å². The van der Waals surface area contributed by atoms with Crippen LogP contribution in [0.25, 0.3) is 0 Å². The van der Waals surface area contributed by atoms with Gasteiger partial charge in [-0.15, -0.1) is 11.3 Å². The van der Waals surface area contributed by atoms with Crippen molar-refractivity contribution in [2.24, 2.45) is 5.92 Å². The molecular weight excluding hydrogens is 318 g/mol. The van der Waals surface area contributed by atoms with Crippen molar-refractivity contribution in [3.63, 3.8) is 0 Å². The van der Waals surface area contributed by atoms with Crippen molar-refractivity contribution in [2.45, 2.75) is 42.7 Å². The first kappa shape index (κ1) is 15.8. The minimum atomic E-state index is -3.74. The predicted octanol–water partition coefficient (Wildman–Crippen LogP) is 3.38. The van der Waals surface area contributed by atoms with Gasteiger partial charge in [0, 0.05) is 22.6 Å². The minimum absolute atomic E-state index is 0.00951. The Kier molecular flexibility index (Phi) is 5.46. The molecule has 1 heterocycles. The molecule has 2 rings (SSSR count). The van der Waals surface area contributed by atoms with E-state index in [-0.39, 0.29) is 10.1 Å². The van der Waals surface area contributed by atoms with Crippen molar-refractivity contribution >= 4 is 37.0 Å². The average molecular weight is 336 g/mol. The van der Waals surface area contributed by atoms with E-state index in [1.54, 1.807) is 0 Å². The van der Waals surface area contributed by atoms with E-state index in [4.69, 9.17) is 10.7 Å². The van der Waals surface area contributed by atoms with Gasteiger partial charge in [0.05, 0.1) is 5.56 Å². The molecule has 0 saturated heterocycles. The Labute approximate surface area is 127 Å². The number of hydrogen-bond acceptors (Lipinski definition) is 4. The maximum atomic E-state index is 11.8. The fourth-order valence-corrected chi connectivity index (χ4v) is 4.50. The Morgan fingerprint density at radius 3 is 2.70 bits per heavy atom. The van der Waals surface area contributed by atoms with Crippen molar-refractivity contribution in [1.82, 2.24) is 5.32 Å². The summed E-state index contributed by atoms with van der Waals surface area (Å²) in [6, 6.07) is 1.32. The van der Waals surface area contributed by atoms with Crippen LogP contribution >= 0.6 is 22.0 Å². The summed E-state index contributed by atoms with van der Waals surface area (Å²) in [6.07, 6.45) is 7.43. The van der Waals surface area contributed by atoms with Gasteiger partial charge in [0.15, 0.2) is 0 Å². The standard InChI is InChI=1S/C13H18ClNO3S2/c14-20(17,18)12-8-11(9-19-12)13(16)15-7-3-6-10-4-1-2-5-10/h8-10H,1-7H2,(H,15,16). The molecule has 0 unspecified atom stereocenters. The first-order valence-corrected chi connectivity index (χ1v) is 9.97. The lowest BCUT2D eigenvalue weighted by atomic mass is 10.0. The van der Waals surface area contributed by atoms with E-state index in [0.717, 1.165) is 30.1 Å².